The number of ether oxygens (including phenoxy) is 2. The summed E-state index contributed by atoms with van der Waals surface area (Å²) in [5, 5.41) is 12.6. The van der Waals surface area contributed by atoms with Gasteiger partial charge in [0.2, 0.25) is 0 Å². The first-order valence-electron chi connectivity index (χ1n) is 11.9. The molecule has 0 spiro atoms. The highest BCUT2D eigenvalue weighted by atomic mass is 19.1. The van der Waals surface area contributed by atoms with Gasteiger partial charge in [-0.25, -0.2) is 14.0 Å². The van der Waals surface area contributed by atoms with Crippen molar-refractivity contribution in [2.24, 2.45) is 5.92 Å². The number of carbonyl (C=O) groups excluding carboxylic acids is 1. The number of pyridine rings is 1. The second kappa shape index (κ2) is 7.86. The first-order chi connectivity index (χ1) is 16.4. The number of rotatable bonds is 4. The zero-order valence-corrected chi connectivity index (χ0v) is 20.3. The predicted octanol–water partition coefficient (Wildman–Crippen LogP) is 3.68. The van der Waals surface area contributed by atoms with Crippen LogP contribution in [0.15, 0.2) is 16.9 Å². The van der Waals surface area contributed by atoms with Gasteiger partial charge in [-0.1, -0.05) is 0 Å². The Bertz CT molecular complexity index is 1290. The van der Waals surface area contributed by atoms with Crippen LogP contribution >= 0.6 is 0 Å². The van der Waals surface area contributed by atoms with Crippen LogP contribution in [0.25, 0.3) is 10.9 Å². The molecular formula is C25H30FN3O6. The van der Waals surface area contributed by atoms with Crippen molar-refractivity contribution in [2.75, 3.05) is 24.6 Å². The molecule has 188 valence electrons. The molecule has 1 aromatic heterocycles. The highest BCUT2D eigenvalue weighted by Gasteiger charge is 2.53. The maximum Gasteiger partial charge on any atom is 0.408 e. The number of carboxylic acid groups (broad SMARTS) is 1. The number of carbonyl (C=O) groups is 2. The minimum absolute atomic E-state index is 0.0494. The van der Waals surface area contributed by atoms with Gasteiger partial charge in [-0.2, -0.15) is 0 Å². The fraction of sp³-hybridized carbons (Fsp3) is 0.560. The van der Waals surface area contributed by atoms with Gasteiger partial charge in [0.1, 0.15) is 23.6 Å². The van der Waals surface area contributed by atoms with E-state index in [1.54, 1.807) is 6.92 Å². The second-order valence-corrected chi connectivity index (χ2v) is 10.9. The summed E-state index contributed by atoms with van der Waals surface area (Å²) < 4.78 is 28.1. The minimum Gasteiger partial charge on any atom is -0.487 e. The summed E-state index contributed by atoms with van der Waals surface area (Å²) in [6.07, 6.45) is 2.08. The average Bonchev–Trinajstić information content (AvgIpc) is 3.34. The third kappa shape index (κ3) is 3.98. The number of halogens is 1. The molecule has 1 aromatic carbocycles. The average molecular weight is 488 g/mol. The van der Waals surface area contributed by atoms with E-state index in [0.717, 1.165) is 25.3 Å². The molecular weight excluding hydrogens is 457 g/mol. The van der Waals surface area contributed by atoms with Crippen LogP contribution in [0.4, 0.5) is 14.9 Å². The summed E-state index contributed by atoms with van der Waals surface area (Å²) in [7, 11) is 0. The first-order valence-corrected chi connectivity index (χ1v) is 11.9. The van der Waals surface area contributed by atoms with Gasteiger partial charge in [0.15, 0.2) is 5.75 Å². The Morgan fingerprint density at radius 1 is 1.29 bits per heavy atom. The summed E-state index contributed by atoms with van der Waals surface area (Å²) in [6.45, 7) is 8.60. The van der Waals surface area contributed by atoms with Gasteiger partial charge in [0.05, 0.1) is 17.2 Å². The number of hydrogen-bond donors (Lipinski definition) is 2. The number of benzene rings is 1. The van der Waals surface area contributed by atoms with E-state index in [2.05, 4.69) is 5.32 Å². The molecule has 0 bridgehead atoms. The fourth-order valence-electron chi connectivity index (χ4n) is 5.37. The van der Waals surface area contributed by atoms with E-state index in [4.69, 9.17) is 9.47 Å². The number of aromatic nitrogens is 1. The highest BCUT2D eigenvalue weighted by Crippen LogP contribution is 2.49. The number of nitrogens with one attached hydrogen (secondary N) is 1. The van der Waals surface area contributed by atoms with E-state index in [9.17, 15) is 19.5 Å². The van der Waals surface area contributed by atoms with Gasteiger partial charge in [0, 0.05) is 36.0 Å². The Morgan fingerprint density at radius 2 is 2.00 bits per heavy atom. The van der Waals surface area contributed by atoms with Gasteiger partial charge >= 0.3 is 12.1 Å². The van der Waals surface area contributed by atoms with Crippen molar-refractivity contribution in [3.63, 3.8) is 0 Å². The van der Waals surface area contributed by atoms with Gasteiger partial charge in [-0.05, 0) is 53.0 Å². The normalized spacial score (nSPS) is 22.6. The molecule has 1 saturated heterocycles. The Labute approximate surface area is 201 Å². The van der Waals surface area contributed by atoms with Crippen molar-refractivity contribution in [2.45, 2.75) is 64.1 Å². The Morgan fingerprint density at radius 3 is 2.63 bits per heavy atom. The topological polar surface area (TPSA) is 110 Å². The smallest absolute Gasteiger partial charge is 0.408 e. The van der Waals surface area contributed by atoms with Crippen LogP contribution in [0, 0.1) is 11.7 Å². The Hall–Kier alpha value is -3.30. The lowest BCUT2D eigenvalue weighted by Crippen LogP contribution is -2.45. The maximum absolute atomic E-state index is 15.3. The largest absolute Gasteiger partial charge is 0.487 e. The SMILES string of the molecule is CC1COc2c(N3CC[C@@H](C4(NC(=O)OC(C)(C)C)CC4)C3)cc(F)c3cc(C(=O)O)c(=O)n1c23. The van der Waals surface area contributed by atoms with Crippen molar-refractivity contribution in [1.29, 1.82) is 0 Å². The van der Waals surface area contributed by atoms with Crippen LogP contribution in [-0.2, 0) is 4.74 Å². The Balaban J connectivity index is 1.48. The lowest BCUT2D eigenvalue weighted by Gasteiger charge is -2.31. The molecule has 2 fully saturated rings. The number of alkyl carbamates (subject to hydrolysis) is 1. The lowest BCUT2D eigenvalue weighted by molar-refractivity contribution is 0.0477. The summed E-state index contributed by atoms with van der Waals surface area (Å²) in [4.78, 5) is 39.0. The van der Waals surface area contributed by atoms with Gasteiger partial charge in [-0.15, -0.1) is 0 Å². The molecule has 1 saturated carbocycles. The molecule has 5 rings (SSSR count). The molecule has 2 atom stereocenters. The van der Waals surface area contributed by atoms with E-state index in [-0.39, 0.29) is 29.0 Å². The second-order valence-electron chi connectivity index (χ2n) is 10.9. The molecule has 10 heteroatoms. The quantitative estimate of drug-likeness (QED) is 0.677. The molecule has 2 aromatic rings. The molecule has 3 heterocycles. The van der Waals surface area contributed by atoms with E-state index in [0.29, 0.717) is 24.5 Å². The summed E-state index contributed by atoms with van der Waals surface area (Å²) in [6, 6.07) is 2.01. The number of carboxylic acids is 1. The lowest BCUT2D eigenvalue weighted by atomic mass is 9.96. The number of hydrogen-bond acceptors (Lipinski definition) is 6. The summed E-state index contributed by atoms with van der Waals surface area (Å²) >= 11 is 0. The van der Waals surface area contributed by atoms with Crippen LogP contribution in [0.3, 0.4) is 0 Å². The fourth-order valence-corrected chi connectivity index (χ4v) is 5.37. The van der Waals surface area contributed by atoms with E-state index in [1.807, 2.05) is 25.7 Å². The molecule has 2 N–H and O–H groups in total. The zero-order valence-electron chi connectivity index (χ0n) is 20.3. The molecule has 1 amide bonds. The first kappa shape index (κ1) is 23.4. The van der Waals surface area contributed by atoms with Crippen molar-refractivity contribution in [3.8, 4) is 5.75 Å². The minimum atomic E-state index is -1.39. The summed E-state index contributed by atoms with van der Waals surface area (Å²) in [5.41, 5.74) is -1.24. The van der Waals surface area contributed by atoms with E-state index in [1.165, 1.54) is 10.6 Å². The van der Waals surface area contributed by atoms with Crippen molar-refractivity contribution < 1.29 is 28.6 Å². The number of nitrogens with zero attached hydrogens (tertiary/aromatic N) is 2. The van der Waals surface area contributed by atoms with Crippen LogP contribution < -0.4 is 20.5 Å². The van der Waals surface area contributed by atoms with Crippen molar-refractivity contribution >= 4 is 28.7 Å². The third-order valence-corrected chi connectivity index (χ3v) is 7.19. The predicted molar refractivity (Wildman–Crippen MR) is 127 cm³/mol. The number of amides is 1. The van der Waals surface area contributed by atoms with E-state index < -0.39 is 40.6 Å². The maximum atomic E-state index is 15.3. The van der Waals surface area contributed by atoms with Crippen molar-refractivity contribution in [3.05, 3.63) is 33.9 Å². The van der Waals surface area contributed by atoms with E-state index >= 15 is 4.39 Å². The third-order valence-electron chi connectivity index (χ3n) is 7.19. The monoisotopic (exact) mass is 487 g/mol. The molecule has 35 heavy (non-hydrogen) atoms. The van der Waals surface area contributed by atoms with Gasteiger partial charge in [-0.3, -0.25) is 9.36 Å². The van der Waals surface area contributed by atoms with Crippen LogP contribution in [0.5, 0.6) is 5.75 Å². The Kier molecular flexibility index (Phi) is 5.26. The number of aromatic carboxylic acids is 1. The van der Waals surface area contributed by atoms with Crippen LogP contribution in [-0.4, -0.2) is 52.6 Å². The molecule has 9 nitrogen and oxygen atoms in total. The number of anilines is 1. The molecule has 3 aliphatic rings. The van der Waals surface area contributed by atoms with Crippen LogP contribution in [0.1, 0.15) is 63.4 Å². The summed E-state index contributed by atoms with van der Waals surface area (Å²) in [5.74, 6) is -1.46. The van der Waals surface area contributed by atoms with Crippen molar-refractivity contribution in [1.82, 2.24) is 9.88 Å². The van der Waals surface area contributed by atoms with Crippen LogP contribution in [0.2, 0.25) is 0 Å². The molecule has 2 aliphatic heterocycles. The standard InChI is InChI=1S/C25H30FN3O6/c1-13-12-34-20-18(10-17(26)15-9-16(22(31)32)21(30)29(13)19(15)20)28-8-5-14(11-28)25(6-7-25)27-23(33)35-24(2,3)4/h9-10,13-14H,5-8,11-12H2,1-4H3,(H,27,33)(H,31,32)/t13?,14-/m1/s1. The van der Waals surface area contributed by atoms with Gasteiger partial charge in [0.25, 0.3) is 5.56 Å². The zero-order chi connectivity index (χ0) is 25.3. The molecule has 1 aliphatic carbocycles. The molecule has 1 unspecified atom stereocenters. The van der Waals surface area contributed by atoms with Gasteiger partial charge < -0.3 is 24.8 Å². The highest BCUT2D eigenvalue weighted by molar-refractivity contribution is 5.97. The molecule has 0 radical (unpaired) electrons.